The van der Waals surface area contributed by atoms with Crippen LogP contribution in [0.2, 0.25) is 0 Å². The van der Waals surface area contributed by atoms with Crippen LogP contribution in [0.1, 0.15) is 0 Å². The third kappa shape index (κ3) is 6.08. The maximum absolute atomic E-state index is 5.56. The molecule has 0 N–H and O–H groups in total. The Morgan fingerprint density at radius 1 is 0.309 bits per heavy atom. The van der Waals surface area contributed by atoms with Crippen LogP contribution in [0.4, 0.5) is 0 Å². The Hall–Kier alpha value is -7.36. The Labute approximate surface area is 320 Å². The lowest BCUT2D eigenvalue weighted by Crippen LogP contribution is -2.00. The first-order chi connectivity index (χ1) is 27.3. The third-order valence-corrected chi connectivity index (χ3v) is 10.4. The number of para-hydroxylation sites is 2. The van der Waals surface area contributed by atoms with E-state index in [2.05, 4.69) is 217 Å². The number of benzene rings is 8. The quantitative estimate of drug-likeness (QED) is 0.166. The topological polar surface area (TPSA) is 30.7 Å². The molecule has 0 amide bonds. The SMILES string of the molecule is c1ccc(-c2cccc(-c3cccc(-c4nc(-c5cc(-c6ccccc6)cc(-c6ccccc6)c5)nc5c6ccccc6n(-c6ccccc6)c45)c3)c2)cc1. The van der Waals surface area contributed by atoms with Crippen molar-refractivity contribution in [3.05, 3.63) is 212 Å². The molecule has 0 spiro atoms. The van der Waals surface area contributed by atoms with Crippen molar-refractivity contribution in [2.45, 2.75) is 0 Å². The molecule has 0 saturated carbocycles. The van der Waals surface area contributed by atoms with Crippen molar-refractivity contribution < 1.29 is 0 Å². The van der Waals surface area contributed by atoms with E-state index in [1.54, 1.807) is 0 Å². The fourth-order valence-electron chi connectivity index (χ4n) is 7.73. The molecule has 8 aromatic carbocycles. The van der Waals surface area contributed by atoms with Crippen LogP contribution in [0.15, 0.2) is 212 Å². The molecule has 0 aliphatic carbocycles. The molecule has 10 aromatic rings. The first-order valence-electron chi connectivity index (χ1n) is 18.7. The van der Waals surface area contributed by atoms with E-state index in [1.807, 2.05) is 0 Å². The van der Waals surface area contributed by atoms with Gasteiger partial charge in [0.2, 0.25) is 0 Å². The zero-order valence-electron chi connectivity index (χ0n) is 30.0. The van der Waals surface area contributed by atoms with Crippen LogP contribution in [0.3, 0.4) is 0 Å². The van der Waals surface area contributed by atoms with Crippen molar-refractivity contribution in [2.75, 3.05) is 0 Å². The van der Waals surface area contributed by atoms with Crippen molar-refractivity contribution in [1.82, 2.24) is 14.5 Å². The van der Waals surface area contributed by atoms with E-state index in [0.29, 0.717) is 5.82 Å². The predicted molar refractivity (Wildman–Crippen MR) is 229 cm³/mol. The molecule has 0 radical (unpaired) electrons. The van der Waals surface area contributed by atoms with Gasteiger partial charge in [-0.1, -0.05) is 164 Å². The van der Waals surface area contributed by atoms with E-state index >= 15 is 0 Å². The van der Waals surface area contributed by atoms with E-state index in [4.69, 9.17) is 9.97 Å². The summed E-state index contributed by atoms with van der Waals surface area (Å²) >= 11 is 0. The number of aromatic nitrogens is 3. The van der Waals surface area contributed by atoms with Crippen LogP contribution >= 0.6 is 0 Å². The average Bonchev–Trinajstić information content (AvgIpc) is 3.61. The fourth-order valence-corrected chi connectivity index (χ4v) is 7.73. The van der Waals surface area contributed by atoms with E-state index in [0.717, 1.165) is 77.8 Å². The first kappa shape index (κ1) is 32.3. The number of fused-ring (bicyclic) bond motifs is 3. The highest BCUT2D eigenvalue weighted by Gasteiger charge is 2.22. The van der Waals surface area contributed by atoms with Gasteiger partial charge in [0, 0.05) is 22.2 Å². The molecular weight excluding hydrogens is 667 g/mol. The van der Waals surface area contributed by atoms with Crippen molar-refractivity contribution >= 4 is 21.9 Å². The molecule has 0 fully saturated rings. The summed E-state index contributed by atoms with van der Waals surface area (Å²) in [6.07, 6.45) is 0. The minimum absolute atomic E-state index is 0.685. The smallest absolute Gasteiger partial charge is 0.160 e. The molecule has 0 atom stereocenters. The number of nitrogens with zero attached hydrogens (tertiary/aromatic N) is 3. The summed E-state index contributed by atoms with van der Waals surface area (Å²) in [6.45, 7) is 0. The van der Waals surface area contributed by atoms with E-state index in [-0.39, 0.29) is 0 Å². The Bertz CT molecular complexity index is 2890. The summed E-state index contributed by atoms with van der Waals surface area (Å²) in [5, 5.41) is 1.08. The molecule has 258 valence electrons. The van der Waals surface area contributed by atoms with Gasteiger partial charge in [-0.15, -0.1) is 0 Å². The third-order valence-electron chi connectivity index (χ3n) is 10.4. The minimum Gasteiger partial charge on any atom is -0.306 e. The van der Waals surface area contributed by atoms with Crippen molar-refractivity contribution in [3.63, 3.8) is 0 Å². The molecule has 0 unspecified atom stereocenters. The van der Waals surface area contributed by atoms with Gasteiger partial charge in [0.25, 0.3) is 0 Å². The molecule has 3 nitrogen and oxygen atoms in total. The summed E-state index contributed by atoms with van der Waals surface area (Å²) in [7, 11) is 0. The summed E-state index contributed by atoms with van der Waals surface area (Å²) in [6, 6.07) is 75.1. The second-order valence-electron chi connectivity index (χ2n) is 13.8. The Balaban J connectivity index is 1.24. The maximum Gasteiger partial charge on any atom is 0.160 e. The molecule has 55 heavy (non-hydrogen) atoms. The number of hydrogen-bond donors (Lipinski definition) is 0. The predicted octanol–water partition coefficient (Wildman–Crippen LogP) is 13.6. The Morgan fingerprint density at radius 3 is 1.33 bits per heavy atom. The van der Waals surface area contributed by atoms with Crippen LogP contribution in [0, 0.1) is 0 Å². The summed E-state index contributed by atoms with van der Waals surface area (Å²) < 4.78 is 2.32. The number of rotatable bonds is 7. The van der Waals surface area contributed by atoms with Crippen LogP contribution in [0.5, 0.6) is 0 Å². The second kappa shape index (κ2) is 13.9. The van der Waals surface area contributed by atoms with Crippen LogP contribution < -0.4 is 0 Å². The Kier molecular flexibility index (Phi) is 8.16. The van der Waals surface area contributed by atoms with Gasteiger partial charge in [0.15, 0.2) is 5.82 Å². The van der Waals surface area contributed by atoms with Gasteiger partial charge in [-0.3, -0.25) is 0 Å². The van der Waals surface area contributed by atoms with Crippen molar-refractivity contribution in [2.24, 2.45) is 0 Å². The van der Waals surface area contributed by atoms with Gasteiger partial charge >= 0.3 is 0 Å². The summed E-state index contributed by atoms with van der Waals surface area (Å²) in [5.74, 6) is 0.685. The highest BCUT2D eigenvalue weighted by molar-refractivity contribution is 6.11. The van der Waals surface area contributed by atoms with E-state index in [9.17, 15) is 0 Å². The van der Waals surface area contributed by atoms with Crippen LogP contribution in [-0.4, -0.2) is 14.5 Å². The van der Waals surface area contributed by atoms with Crippen LogP contribution in [-0.2, 0) is 0 Å². The molecule has 2 aromatic heterocycles. The summed E-state index contributed by atoms with van der Waals surface area (Å²) in [5.41, 5.74) is 16.1. The van der Waals surface area contributed by atoms with Gasteiger partial charge in [-0.05, 0) is 93.0 Å². The summed E-state index contributed by atoms with van der Waals surface area (Å²) in [4.78, 5) is 11.0. The number of hydrogen-bond acceptors (Lipinski definition) is 2. The second-order valence-corrected chi connectivity index (χ2v) is 13.8. The lowest BCUT2D eigenvalue weighted by molar-refractivity contribution is 1.15. The normalized spacial score (nSPS) is 11.3. The highest BCUT2D eigenvalue weighted by Crippen LogP contribution is 2.40. The first-order valence-corrected chi connectivity index (χ1v) is 18.7. The molecule has 0 saturated heterocycles. The standard InChI is InChI=1S/C52H35N3/c1-5-17-36(18-6-1)39-23-15-24-40(31-39)41-25-16-26-42(32-41)49-51-50(47-29-13-14-30-48(47)55(51)46-27-11-4-12-28-46)54-52(53-49)45-34-43(37-19-7-2-8-20-37)33-44(35-45)38-21-9-3-10-22-38/h1-35H. The van der Waals surface area contributed by atoms with Crippen molar-refractivity contribution in [3.8, 4) is 72.8 Å². The lowest BCUT2D eigenvalue weighted by Gasteiger charge is -2.14. The lowest BCUT2D eigenvalue weighted by atomic mass is 9.95. The van der Waals surface area contributed by atoms with Gasteiger partial charge in [-0.25, -0.2) is 9.97 Å². The zero-order valence-corrected chi connectivity index (χ0v) is 30.0. The molecule has 0 aliphatic rings. The largest absolute Gasteiger partial charge is 0.306 e. The van der Waals surface area contributed by atoms with E-state index < -0.39 is 0 Å². The van der Waals surface area contributed by atoms with Crippen molar-refractivity contribution in [1.29, 1.82) is 0 Å². The van der Waals surface area contributed by atoms with Gasteiger partial charge in [-0.2, -0.15) is 0 Å². The van der Waals surface area contributed by atoms with E-state index in [1.165, 1.54) is 11.1 Å². The monoisotopic (exact) mass is 701 g/mol. The van der Waals surface area contributed by atoms with Gasteiger partial charge in [0.1, 0.15) is 5.52 Å². The molecular formula is C52H35N3. The molecule has 0 aliphatic heterocycles. The van der Waals surface area contributed by atoms with Gasteiger partial charge < -0.3 is 4.57 Å². The minimum atomic E-state index is 0.685. The zero-order chi connectivity index (χ0) is 36.6. The Morgan fingerprint density at radius 2 is 0.727 bits per heavy atom. The molecule has 3 heteroatoms. The molecule has 10 rings (SSSR count). The van der Waals surface area contributed by atoms with Gasteiger partial charge in [0.05, 0.1) is 16.7 Å². The van der Waals surface area contributed by atoms with Crippen LogP contribution in [0.25, 0.3) is 94.8 Å². The molecule has 0 bridgehead atoms. The fraction of sp³-hybridized carbons (Fsp3) is 0. The average molecular weight is 702 g/mol. The molecule has 2 heterocycles. The maximum atomic E-state index is 5.56. The highest BCUT2D eigenvalue weighted by atomic mass is 15.0.